The van der Waals surface area contributed by atoms with Gasteiger partial charge in [-0.3, -0.25) is 0 Å². The summed E-state index contributed by atoms with van der Waals surface area (Å²) in [5.74, 6) is 0. The van der Waals surface area contributed by atoms with Crippen LogP contribution in [0.5, 0.6) is 0 Å². The van der Waals surface area contributed by atoms with E-state index in [-0.39, 0.29) is 0 Å². The minimum Gasteiger partial charge on any atom is -0.398 e. The van der Waals surface area contributed by atoms with Crippen LogP contribution in [0.2, 0.25) is 0 Å². The molecule has 14 heavy (non-hydrogen) atoms. The van der Waals surface area contributed by atoms with E-state index in [1.54, 1.807) is 0 Å². The first kappa shape index (κ1) is 8.18. The van der Waals surface area contributed by atoms with Crippen molar-refractivity contribution in [2.75, 3.05) is 0 Å². The second kappa shape index (κ2) is 2.92. The maximum Gasteiger partial charge on any atom is 0.0405 e. The molecule has 1 heterocycles. The van der Waals surface area contributed by atoms with Crippen molar-refractivity contribution in [2.45, 2.75) is 16.6 Å². The first-order valence-electron chi connectivity index (χ1n) is 4.78. The van der Waals surface area contributed by atoms with Gasteiger partial charge in [-0.2, -0.15) is 0 Å². The zero-order chi connectivity index (χ0) is 9.54. The zero-order valence-corrected chi connectivity index (χ0v) is 8.55. The summed E-state index contributed by atoms with van der Waals surface area (Å²) in [6.45, 7) is 0. The number of fused-ring (bicyclic) bond motifs is 3. The van der Waals surface area contributed by atoms with E-state index in [9.17, 15) is 0 Å². The van der Waals surface area contributed by atoms with E-state index in [0.29, 0.717) is 5.25 Å². The third-order valence-electron chi connectivity index (χ3n) is 2.73. The Morgan fingerprint density at radius 3 is 3.07 bits per heavy atom. The highest BCUT2D eigenvalue weighted by Gasteiger charge is 2.29. The first-order valence-corrected chi connectivity index (χ1v) is 5.66. The fraction of sp³-hybridized carbons (Fsp3) is 0.167. The van der Waals surface area contributed by atoms with Gasteiger partial charge in [-0.25, -0.2) is 0 Å². The van der Waals surface area contributed by atoms with Crippen LogP contribution < -0.4 is 5.73 Å². The minimum absolute atomic E-state index is 0.553. The predicted molar refractivity (Wildman–Crippen MR) is 61.0 cm³/mol. The standard InChI is InChI=1S/C12H11NS/c13-9-5-3-7-11-12(9)8-4-1-2-6-10(8)14-11/h1-6,11H,7,13H2. The third kappa shape index (κ3) is 1.04. The van der Waals surface area contributed by atoms with Crippen LogP contribution in [-0.2, 0) is 0 Å². The smallest absolute Gasteiger partial charge is 0.0405 e. The van der Waals surface area contributed by atoms with E-state index in [4.69, 9.17) is 5.73 Å². The number of allylic oxidation sites excluding steroid dienone is 2. The molecule has 1 unspecified atom stereocenters. The molecule has 0 spiro atoms. The van der Waals surface area contributed by atoms with Crippen molar-refractivity contribution in [3.63, 3.8) is 0 Å². The molecule has 0 radical (unpaired) electrons. The van der Waals surface area contributed by atoms with Crippen molar-refractivity contribution >= 4 is 17.3 Å². The van der Waals surface area contributed by atoms with Crippen molar-refractivity contribution in [3.8, 4) is 0 Å². The number of hydrogen-bond donors (Lipinski definition) is 1. The van der Waals surface area contributed by atoms with E-state index < -0.39 is 0 Å². The molecule has 1 aliphatic heterocycles. The number of thioether (sulfide) groups is 1. The summed E-state index contributed by atoms with van der Waals surface area (Å²) in [4.78, 5) is 1.37. The Morgan fingerprint density at radius 2 is 2.14 bits per heavy atom. The first-order chi connectivity index (χ1) is 6.86. The van der Waals surface area contributed by atoms with E-state index in [2.05, 4.69) is 30.3 Å². The monoisotopic (exact) mass is 201 g/mol. The van der Waals surface area contributed by atoms with Gasteiger partial charge in [0.05, 0.1) is 0 Å². The van der Waals surface area contributed by atoms with Gasteiger partial charge in [0, 0.05) is 15.8 Å². The Kier molecular flexibility index (Phi) is 1.71. The lowest BCUT2D eigenvalue weighted by atomic mass is 9.95. The van der Waals surface area contributed by atoms with Gasteiger partial charge >= 0.3 is 0 Å². The van der Waals surface area contributed by atoms with Crippen LogP contribution in [0.4, 0.5) is 0 Å². The van der Waals surface area contributed by atoms with Crippen molar-refractivity contribution in [1.82, 2.24) is 0 Å². The van der Waals surface area contributed by atoms with Gasteiger partial charge in [-0.15, -0.1) is 11.8 Å². The molecule has 0 saturated heterocycles. The van der Waals surface area contributed by atoms with Crippen LogP contribution in [0.1, 0.15) is 12.0 Å². The summed E-state index contributed by atoms with van der Waals surface area (Å²) in [7, 11) is 0. The highest BCUT2D eigenvalue weighted by molar-refractivity contribution is 8.00. The maximum absolute atomic E-state index is 6.01. The van der Waals surface area contributed by atoms with Crippen LogP contribution in [0.15, 0.2) is 47.0 Å². The largest absolute Gasteiger partial charge is 0.398 e. The Bertz CT molecular complexity index is 445. The van der Waals surface area contributed by atoms with Crippen molar-refractivity contribution in [2.24, 2.45) is 5.73 Å². The number of benzene rings is 1. The molecule has 0 fully saturated rings. The molecular formula is C12H11NS. The van der Waals surface area contributed by atoms with Gasteiger partial charge in [-0.05, 0) is 29.7 Å². The average Bonchev–Trinajstić information content (AvgIpc) is 2.57. The Morgan fingerprint density at radius 1 is 1.29 bits per heavy atom. The molecule has 1 nitrogen and oxygen atoms in total. The lowest BCUT2D eigenvalue weighted by molar-refractivity contribution is 1.06. The van der Waals surface area contributed by atoms with Gasteiger partial charge in [0.15, 0.2) is 0 Å². The fourth-order valence-electron chi connectivity index (χ4n) is 2.09. The topological polar surface area (TPSA) is 26.0 Å². The summed E-state index contributed by atoms with van der Waals surface area (Å²) >= 11 is 1.93. The molecule has 0 amide bonds. The van der Waals surface area contributed by atoms with Crippen LogP contribution in [0.3, 0.4) is 0 Å². The van der Waals surface area contributed by atoms with Crippen molar-refractivity contribution in [3.05, 3.63) is 47.7 Å². The molecule has 2 aliphatic rings. The maximum atomic E-state index is 6.01. The second-order valence-electron chi connectivity index (χ2n) is 3.61. The van der Waals surface area contributed by atoms with Crippen LogP contribution >= 0.6 is 11.8 Å². The van der Waals surface area contributed by atoms with Gasteiger partial charge in [0.1, 0.15) is 0 Å². The van der Waals surface area contributed by atoms with Crippen molar-refractivity contribution in [1.29, 1.82) is 0 Å². The van der Waals surface area contributed by atoms with Gasteiger partial charge < -0.3 is 5.73 Å². The SMILES string of the molecule is NC1=C2c3ccccc3SC2CC=C1. The molecule has 2 N–H and O–H groups in total. The molecule has 1 aromatic carbocycles. The van der Waals surface area contributed by atoms with E-state index in [0.717, 1.165) is 12.1 Å². The molecule has 0 saturated carbocycles. The number of hydrogen-bond acceptors (Lipinski definition) is 2. The lowest BCUT2D eigenvalue weighted by Crippen LogP contribution is -2.10. The summed E-state index contributed by atoms with van der Waals surface area (Å²) < 4.78 is 0. The van der Waals surface area contributed by atoms with E-state index in [1.165, 1.54) is 16.0 Å². The normalized spacial score (nSPS) is 23.6. The van der Waals surface area contributed by atoms with Crippen LogP contribution in [0.25, 0.3) is 5.57 Å². The molecule has 0 aromatic heterocycles. The van der Waals surface area contributed by atoms with Gasteiger partial charge in [0.2, 0.25) is 0 Å². The lowest BCUT2D eigenvalue weighted by Gasteiger charge is -2.15. The third-order valence-corrected chi connectivity index (χ3v) is 4.05. The molecule has 1 aliphatic carbocycles. The number of nitrogens with two attached hydrogens (primary N) is 1. The summed E-state index contributed by atoms with van der Waals surface area (Å²) in [6, 6.07) is 8.52. The molecular weight excluding hydrogens is 190 g/mol. The molecule has 1 aromatic rings. The summed E-state index contributed by atoms with van der Waals surface area (Å²) in [5.41, 5.74) is 9.64. The summed E-state index contributed by atoms with van der Waals surface area (Å²) in [5, 5.41) is 0.553. The highest BCUT2D eigenvalue weighted by Crippen LogP contribution is 2.48. The Hall–Kier alpha value is -1.15. The van der Waals surface area contributed by atoms with Gasteiger partial charge in [0.25, 0.3) is 0 Å². The van der Waals surface area contributed by atoms with E-state index >= 15 is 0 Å². The van der Waals surface area contributed by atoms with Crippen LogP contribution in [-0.4, -0.2) is 5.25 Å². The average molecular weight is 201 g/mol. The molecule has 3 rings (SSSR count). The van der Waals surface area contributed by atoms with Crippen LogP contribution in [0, 0.1) is 0 Å². The van der Waals surface area contributed by atoms with Crippen molar-refractivity contribution < 1.29 is 0 Å². The quantitative estimate of drug-likeness (QED) is 0.698. The molecule has 0 bridgehead atoms. The molecule has 2 heteroatoms. The highest BCUT2D eigenvalue weighted by atomic mass is 32.2. The number of rotatable bonds is 0. The zero-order valence-electron chi connectivity index (χ0n) is 7.73. The fourth-order valence-corrected chi connectivity index (χ4v) is 3.45. The summed E-state index contributed by atoms with van der Waals surface area (Å²) in [6.07, 6.45) is 5.31. The van der Waals surface area contributed by atoms with Gasteiger partial charge in [-0.1, -0.05) is 24.3 Å². The molecule has 70 valence electrons. The Labute approximate surface area is 87.7 Å². The Balaban J connectivity index is 2.23. The molecule has 1 atom stereocenters. The second-order valence-corrected chi connectivity index (χ2v) is 4.85. The predicted octanol–water partition coefficient (Wildman–Crippen LogP) is 2.79. The minimum atomic E-state index is 0.553. The van der Waals surface area contributed by atoms with E-state index in [1.807, 2.05) is 17.8 Å².